The zero-order chi connectivity index (χ0) is 12.7. The largest absolute Gasteiger partial charge is 0.502 e. The maximum Gasteiger partial charge on any atom is 0.252 e. The van der Waals surface area contributed by atoms with E-state index in [1.54, 1.807) is 18.2 Å². The lowest BCUT2D eigenvalue weighted by Gasteiger charge is -2.07. The molecule has 1 aromatic rings. The molecule has 0 atom stereocenters. The molecule has 0 saturated heterocycles. The van der Waals surface area contributed by atoms with E-state index in [4.69, 9.17) is 16.3 Å². The van der Waals surface area contributed by atoms with Crippen LogP contribution in [0.3, 0.4) is 0 Å². The van der Waals surface area contributed by atoms with Crippen LogP contribution in [0.5, 0.6) is 0 Å². The monoisotopic (exact) mass is 317 g/mol. The van der Waals surface area contributed by atoms with Gasteiger partial charge in [-0.25, -0.2) is 0 Å². The SMILES string of the molecule is C=COCCCNC(=O)c1cc(Cl)ccc1Br. The molecular weight excluding hydrogens is 305 g/mol. The van der Waals surface area contributed by atoms with Crippen molar-refractivity contribution in [3.05, 3.63) is 46.1 Å². The summed E-state index contributed by atoms with van der Waals surface area (Å²) in [7, 11) is 0. The molecule has 0 bridgehead atoms. The molecule has 3 nitrogen and oxygen atoms in total. The van der Waals surface area contributed by atoms with Crippen molar-refractivity contribution in [1.82, 2.24) is 5.32 Å². The fourth-order valence-electron chi connectivity index (χ4n) is 1.21. The third-order valence-electron chi connectivity index (χ3n) is 2.02. The average Bonchev–Trinajstić information content (AvgIpc) is 2.32. The summed E-state index contributed by atoms with van der Waals surface area (Å²) in [4.78, 5) is 11.8. The van der Waals surface area contributed by atoms with Crippen LogP contribution in [0.1, 0.15) is 16.8 Å². The van der Waals surface area contributed by atoms with Gasteiger partial charge in [-0.1, -0.05) is 18.2 Å². The lowest BCUT2D eigenvalue weighted by Crippen LogP contribution is -2.25. The number of benzene rings is 1. The van der Waals surface area contributed by atoms with Gasteiger partial charge in [-0.2, -0.15) is 0 Å². The van der Waals surface area contributed by atoms with Crippen LogP contribution in [0, 0.1) is 0 Å². The van der Waals surface area contributed by atoms with Crippen molar-refractivity contribution >= 4 is 33.4 Å². The van der Waals surface area contributed by atoms with Crippen LogP contribution in [-0.2, 0) is 4.74 Å². The highest BCUT2D eigenvalue weighted by Crippen LogP contribution is 2.20. The van der Waals surface area contributed by atoms with Gasteiger partial charge in [0.2, 0.25) is 0 Å². The molecule has 0 saturated carbocycles. The Hall–Kier alpha value is -1.000. The lowest BCUT2D eigenvalue weighted by atomic mass is 10.2. The molecule has 0 aliphatic rings. The molecule has 0 heterocycles. The molecule has 5 heteroatoms. The van der Waals surface area contributed by atoms with E-state index < -0.39 is 0 Å². The zero-order valence-corrected chi connectivity index (χ0v) is 11.6. The van der Waals surface area contributed by atoms with Gasteiger partial charge < -0.3 is 10.1 Å². The smallest absolute Gasteiger partial charge is 0.252 e. The number of rotatable bonds is 6. The number of amides is 1. The molecule has 92 valence electrons. The van der Waals surface area contributed by atoms with Crippen molar-refractivity contribution in [3.8, 4) is 0 Å². The van der Waals surface area contributed by atoms with Crippen molar-refractivity contribution < 1.29 is 9.53 Å². The summed E-state index contributed by atoms with van der Waals surface area (Å²) >= 11 is 9.14. The second kappa shape index (κ2) is 7.35. The Morgan fingerprint density at radius 1 is 1.59 bits per heavy atom. The predicted octanol–water partition coefficient (Wildman–Crippen LogP) is 3.38. The second-order valence-electron chi connectivity index (χ2n) is 3.27. The Bertz CT molecular complexity index is 409. The summed E-state index contributed by atoms with van der Waals surface area (Å²) in [6.45, 7) is 4.52. The van der Waals surface area contributed by atoms with E-state index in [2.05, 4.69) is 27.8 Å². The third-order valence-corrected chi connectivity index (χ3v) is 2.94. The van der Waals surface area contributed by atoms with Crippen LogP contribution in [0.25, 0.3) is 0 Å². The summed E-state index contributed by atoms with van der Waals surface area (Å²) < 4.78 is 5.67. The first-order valence-electron chi connectivity index (χ1n) is 5.11. The minimum Gasteiger partial charge on any atom is -0.502 e. The second-order valence-corrected chi connectivity index (χ2v) is 4.56. The van der Waals surface area contributed by atoms with Gasteiger partial charge in [0.15, 0.2) is 0 Å². The predicted molar refractivity (Wildman–Crippen MR) is 72.3 cm³/mol. The Kier molecular flexibility index (Phi) is 6.08. The quantitative estimate of drug-likeness (QED) is 0.645. The molecule has 1 N–H and O–H groups in total. The standard InChI is InChI=1S/C12H13BrClNO2/c1-2-17-7-3-6-15-12(16)10-8-9(14)4-5-11(10)13/h2,4-5,8H,1,3,6-7H2,(H,15,16). The van der Waals surface area contributed by atoms with Crippen LogP contribution in [0.2, 0.25) is 5.02 Å². The Morgan fingerprint density at radius 3 is 3.06 bits per heavy atom. The first-order valence-corrected chi connectivity index (χ1v) is 6.28. The van der Waals surface area contributed by atoms with Gasteiger partial charge in [-0.05, 0) is 40.5 Å². The Morgan fingerprint density at radius 2 is 2.35 bits per heavy atom. The zero-order valence-electron chi connectivity index (χ0n) is 9.21. The number of carbonyl (C=O) groups excluding carboxylic acids is 1. The number of hydrogen-bond acceptors (Lipinski definition) is 2. The first-order chi connectivity index (χ1) is 8.15. The fourth-order valence-corrected chi connectivity index (χ4v) is 1.81. The molecule has 0 unspecified atom stereocenters. The molecule has 0 spiro atoms. The molecule has 17 heavy (non-hydrogen) atoms. The molecule has 1 rings (SSSR count). The number of carbonyl (C=O) groups is 1. The lowest BCUT2D eigenvalue weighted by molar-refractivity contribution is 0.0949. The summed E-state index contributed by atoms with van der Waals surface area (Å²) in [6, 6.07) is 5.10. The topological polar surface area (TPSA) is 38.3 Å². The minimum absolute atomic E-state index is 0.155. The molecule has 0 aliphatic carbocycles. The van der Waals surface area contributed by atoms with Gasteiger partial charge in [0.05, 0.1) is 18.4 Å². The van der Waals surface area contributed by atoms with Gasteiger partial charge >= 0.3 is 0 Å². The summed E-state index contributed by atoms with van der Waals surface area (Å²) in [5.41, 5.74) is 0.530. The minimum atomic E-state index is -0.155. The Labute approximate surface area is 114 Å². The third kappa shape index (κ3) is 4.79. The van der Waals surface area contributed by atoms with Gasteiger partial charge in [0.1, 0.15) is 0 Å². The van der Waals surface area contributed by atoms with E-state index in [1.807, 2.05) is 0 Å². The van der Waals surface area contributed by atoms with Crippen molar-refractivity contribution in [2.24, 2.45) is 0 Å². The van der Waals surface area contributed by atoms with E-state index in [-0.39, 0.29) is 5.91 Å². The van der Waals surface area contributed by atoms with Gasteiger partial charge in [0.25, 0.3) is 5.91 Å². The first kappa shape index (κ1) is 14.1. The van der Waals surface area contributed by atoms with E-state index in [1.165, 1.54) is 6.26 Å². The van der Waals surface area contributed by atoms with Crippen LogP contribution in [0.15, 0.2) is 35.5 Å². The summed E-state index contributed by atoms with van der Waals surface area (Å²) in [5.74, 6) is -0.155. The maximum absolute atomic E-state index is 11.8. The van der Waals surface area contributed by atoms with Crippen LogP contribution >= 0.6 is 27.5 Å². The summed E-state index contributed by atoms with van der Waals surface area (Å²) in [6.07, 6.45) is 2.12. The molecule has 0 aromatic heterocycles. The van der Waals surface area contributed by atoms with Gasteiger partial charge in [0, 0.05) is 16.0 Å². The molecule has 1 amide bonds. The molecule has 0 aliphatic heterocycles. The highest BCUT2D eigenvalue weighted by molar-refractivity contribution is 9.10. The molecular formula is C12H13BrClNO2. The number of hydrogen-bond donors (Lipinski definition) is 1. The van der Waals surface area contributed by atoms with Crippen molar-refractivity contribution in [1.29, 1.82) is 0 Å². The van der Waals surface area contributed by atoms with Crippen molar-refractivity contribution in [2.75, 3.05) is 13.2 Å². The highest BCUT2D eigenvalue weighted by Gasteiger charge is 2.09. The maximum atomic E-state index is 11.8. The highest BCUT2D eigenvalue weighted by atomic mass is 79.9. The Balaban J connectivity index is 2.46. The van der Waals surface area contributed by atoms with E-state index in [0.717, 1.165) is 10.9 Å². The number of ether oxygens (including phenoxy) is 1. The van der Waals surface area contributed by atoms with E-state index in [0.29, 0.717) is 23.7 Å². The molecule has 0 radical (unpaired) electrons. The summed E-state index contributed by atoms with van der Waals surface area (Å²) in [5, 5.41) is 3.32. The van der Waals surface area contributed by atoms with Gasteiger partial charge in [-0.3, -0.25) is 4.79 Å². The van der Waals surface area contributed by atoms with Crippen LogP contribution < -0.4 is 5.32 Å². The number of halogens is 2. The van der Waals surface area contributed by atoms with Crippen LogP contribution in [0.4, 0.5) is 0 Å². The number of nitrogens with one attached hydrogen (secondary N) is 1. The van der Waals surface area contributed by atoms with Gasteiger partial charge in [-0.15, -0.1) is 0 Å². The van der Waals surface area contributed by atoms with E-state index >= 15 is 0 Å². The molecule has 1 aromatic carbocycles. The fraction of sp³-hybridized carbons (Fsp3) is 0.250. The van der Waals surface area contributed by atoms with E-state index in [9.17, 15) is 4.79 Å². The molecule has 0 fully saturated rings. The van der Waals surface area contributed by atoms with Crippen molar-refractivity contribution in [3.63, 3.8) is 0 Å². The van der Waals surface area contributed by atoms with Crippen molar-refractivity contribution in [2.45, 2.75) is 6.42 Å². The van der Waals surface area contributed by atoms with Crippen LogP contribution in [-0.4, -0.2) is 19.1 Å². The average molecular weight is 319 g/mol. The normalized spacial score (nSPS) is 9.76.